The highest BCUT2D eigenvalue weighted by atomic mass is 16.6. The summed E-state index contributed by atoms with van der Waals surface area (Å²) in [6.07, 6.45) is 3.83. The number of hydrogen-bond donors (Lipinski definition) is 1. The van der Waals surface area contributed by atoms with E-state index in [2.05, 4.69) is 17.3 Å². The third kappa shape index (κ3) is 4.29. The number of nitrogens with zero attached hydrogens (tertiary/aromatic N) is 2. The topological polar surface area (TPSA) is 58.4 Å². The number of benzene rings is 1. The van der Waals surface area contributed by atoms with E-state index in [4.69, 9.17) is 0 Å². The van der Waals surface area contributed by atoms with Crippen LogP contribution in [0, 0.1) is 10.1 Å². The first-order chi connectivity index (χ1) is 9.15. The van der Waals surface area contributed by atoms with Crippen molar-refractivity contribution >= 4 is 5.69 Å². The summed E-state index contributed by atoms with van der Waals surface area (Å²) in [6, 6.07) is 7.40. The number of hydrogen-bond acceptors (Lipinski definition) is 4. The van der Waals surface area contributed by atoms with Crippen LogP contribution in [0.2, 0.25) is 0 Å². The van der Waals surface area contributed by atoms with Crippen molar-refractivity contribution in [3.8, 4) is 0 Å². The van der Waals surface area contributed by atoms with Gasteiger partial charge < -0.3 is 10.2 Å². The Morgan fingerprint density at radius 1 is 1.37 bits per heavy atom. The van der Waals surface area contributed by atoms with Gasteiger partial charge in [0.15, 0.2) is 0 Å². The molecule has 1 aliphatic rings. The van der Waals surface area contributed by atoms with Crippen molar-refractivity contribution in [1.82, 2.24) is 10.2 Å². The van der Waals surface area contributed by atoms with Crippen LogP contribution < -0.4 is 5.32 Å². The van der Waals surface area contributed by atoms with Gasteiger partial charge in [0.05, 0.1) is 4.92 Å². The lowest BCUT2D eigenvalue weighted by molar-refractivity contribution is -0.384. The van der Waals surface area contributed by atoms with Crippen LogP contribution in [-0.2, 0) is 6.54 Å². The van der Waals surface area contributed by atoms with Crippen molar-refractivity contribution in [3.05, 3.63) is 39.9 Å². The minimum atomic E-state index is -0.362. The molecule has 1 aromatic carbocycles. The monoisotopic (exact) mass is 263 g/mol. The van der Waals surface area contributed by atoms with E-state index in [0.29, 0.717) is 6.04 Å². The van der Waals surface area contributed by atoms with Gasteiger partial charge >= 0.3 is 0 Å². The number of nitro groups is 1. The van der Waals surface area contributed by atoms with Crippen LogP contribution in [0.4, 0.5) is 5.69 Å². The second kappa shape index (κ2) is 6.63. The molecule has 1 saturated heterocycles. The number of likely N-dealkylation sites (N-methyl/N-ethyl adjacent to an activating group) is 1. The van der Waals surface area contributed by atoms with Crippen LogP contribution >= 0.6 is 0 Å². The highest BCUT2D eigenvalue weighted by molar-refractivity contribution is 5.32. The first-order valence-corrected chi connectivity index (χ1v) is 6.80. The van der Waals surface area contributed by atoms with Gasteiger partial charge in [-0.2, -0.15) is 0 Å². The molecule has 1 aliphatic heterocycles. The van der Waals surface area contributed by atoms with Crippen molar-refractivity contribution < 1.29 is 4.92 Å². The molecule has 0 aromatic heterocycles. The Hall–Kier alpha value is -1.46. The standard InChI is InChI=1S/C14H21N3O2/c1-16(11-13-4-2-3-9-15-13)10-12-5-7-14(8-6-12)17(18)19/h5-8,13,15H,2-4,9-11H2,1H3. The van der Waals surface area contributed by atoms with Gasteiger partial charge in [0.2, 0.25) is 0 Å². The first-order valence-electron chi connectivity index (χ1n) is 6.80. The maximum atomic E-state index is 10.6. The average molecular weight is 263 g/mol. The molecule has 1 aromatic rings. The van der Waals surface area contributed by atoms with E-state index in [1.165, 1.54) is 19.3 Å². The molecule has 1 atom stereocenters. The molecule has 0 spiro atoms. The van der Waals surface area contributed by atoms with E-state index in [1.807, 2.05) is 12.1 Å². The van der Waals surface area contributed by atoms with Crippen LogP contribution in [0.25, 0.3) is 0 Å². The Bertz CT molecular complexity index is 413. The zero-order valence-corrected chi connectivity index (χ0v) is 11.3. The van der Waals surface area contributed by atoms with Gasteiger partial charge in [0, 0.05) is 31.3 Å². The minimum absolute atomic E-state index is 0.153. The van der Waals surface area contributed by atoms with Crippen molar-refractivity contribution in [2.24, 2.45) is 0 Å². The molecule has 1 fully saturated rings. The highest BCUT2D eigenvalue weighted by Crippen LogP contribution is 2.14. The SMILES string of the molecule is CN(Cc1ccc([N+](=O)[O-])cc1)CC1CCCCN1. The summed E-state index contributed by atoms with van der Waals surface area (Å²) >= 11 is 0. The largest absolute Gasteiger partial charge is 0.313 e. The molecule has 5 heteroatoms. The van der Waals surface area contributed by atoms with Gasteiger partial charge in [-0.05, 0) is 32.0 Å². The van der Waals surface area contributed by atoms with E-state index >= 15 is 0 Å². The summed E-state index contributed by atoms with van der Waals surface area (Å²) in [5.41, 5.74) is 1.27. The molecule has 0 radical (unpaired) electrons. The maximum Gasteiger partial charge on any atom is 0.269 e. The summed E-state index contributed by atoms with van der Waals surface area (Å²) < 4.78 is 0. The van der Waals surface area contributed by atoms with Crippen molar-refractivity contribution in [2.75, 3.05) is 20.1 Å². The molecule has 0 saturated carbocycles. The van der Waals surface area contributed by atoms with Crippen LogP contribution in [0.1, 0.15) is 24.8 Å². The van der Waals surface area contributed by atoms with Gasteiger partial charge in [-0.15, -0.1) is 0 Å². The van der Waals surface area contributed by atoms with Gasteiger partial charge in [-0.25, -0.2) is 0 Å². The normalized spacial score (nSPS) is 19.6. The van der Waals surface area contributed by atoms with Gasteiger partial charge in [-0.3, -0.25) is 10.1 Å². The first kappa shape index (κ1) is 14.0. The fourth-order valence-electron chi connectivity index (χ4n) is 2.56. The smallest absolute Gasteiger partial charge is 0.269 e. The highest BCUT2D eigenvalue weighted by Gasteiger charge is 2.14. The number of nitro benzene ring substituents is 1. The quantitative estimate of drug-likeness (QED) is 0.653. The molecule has 19 heavy (non-hydrogen) atoms. The molecule has 104 valence electrons. The predicted octanol–water partition coefficient (Wildman–Crippen LogP) is 2.17. The van der Waals surface area contributed by atoms with Crippen molar-refractivity contribution in [2.45, 2.75) is 31.8 Å². The van der Waals surface area contributed by atoms with Crippen LogP contribution in [0.5, 0.6) is 0 Å². The fourth-order valence-corrected chi connectivity index (χ4v) is 2.56. The minimum Gasteiger partial charge on any atom is -0.313 e. The zero-order chi connectivity index (χ0) is 13.7. The molecule has 1 unspecified atom stereocenters. The van der Waals surface area contributed by atoms with Gasteiger partial charge in [-0.1, -0.05) is 18.6 Å². The average Bonchev–Trinajstić information content (AvgIpc) is 2.40. The molecule has 5 nitrogen and oxygen atoms in total. The second-order valence-electron chi connectivity index (χ2n) is 5.27. The lowest BCUT2D eigenvalue weighted by Gasteiger charge is -2.28. The third-order valence-electron chi connectivity index (χ3n) is 3.54. The Kier molecular flexibility index (Phi) is 4.87. The second-order valence-corrected chi connectivity index (χ2v) is 5.27. The Morgan fingerprint density at radius 3 is 2.68 bits per heavy atom. The summed E-state index contributed by atoms with van der Waals surface area (Å²) in [7, 11) is 2.09. The Balaban J connectivity index is 1.83. The van der Waals surface area contributed by atoms with E-state index in [9.17, 15) is 10.1 Å². The number of nitrogens with one attached hydrogen (secondary N) is 1. The van der Waals surface area contributed by atoms with Crippen molar-refractivity contribution in [1.29, 1.82) is 0 Å². The third-order valence-corrected chi connectivity index (χ3v) is 3.54. The molecular weight excluding hydrogens is 242 g/mol. The molecule has 2 rings (SSSR count). The Labute approximate surface area is 113 Å². The lowest BCUT2D eigenvalue weighted by atomic mass is 10.0. The summed E-state index contributed by atoms with van der Waals surface area (Å²) in [5.74, 6) is 0. The van der Waals surface area contributed by atoms with E-state index in [0.717, 1.165) is 25.2 Å². The number of non-ortho nitro benzene ring substituents is 1. The molecular formula is C14H21N3O2. The van der Waals surface area contributed by atoms with E-state index in [1.54, 1.807) is 12.1 Å². The van der Waals surface area contributed by atoms with Crippen LogP contribution in [0.3, 0.4) is 0 Å². The molecule has 1 N–H and O–H groups in total. The molecule has 0 aliphatic carbocycles. The maximum absolute atomic E-state index is 10.6. The van der Waals surface area contributed by atoms with E-state index < -0.39 is 0 Å². The Morgan fingerprint density at radius 2 is 2.11 bits per heavy atom. The van der Waals surface area contributed by atoms with Crippen LogP contribution in [0.15, 0.2) is 24.3 Å². The predicted molar refractivity (Wildman–Crippen MR) is 75.1 cm³/mol. The van der Waals surface area contributed by atoms with E-state index in [-0.39, 0.29) is 10.6 Å². The summed E-state index contributed by atoms with van der Waals surface area (Å²) in [5, 5.41) is 14.1. The number of piperidine rings is 1. The zero-order valence-electron chi connectivity index (χ0n) is 11.3. The molecule has 0 bridgehead atoms. The fraction of sp³-hybridized carbons (Fsp3) is 0.571. The van der Waals surface area contributed by atoms with Gasteiger partial charge in [0.1, 0.15) is 0 Å². The lowest BCUT2D eigenvalue weighted by Crippen LogP contribution is -2.42. The summed E-state index contributed by atoms with van der Waals surface area (Å²) in [6.45, 7) is 2.98. The summed E-state index contributed by atoms with van der Waals surface area (Å²) in [4.78, 5) is 12.5. The van der Waals surface area contributed by atoms with Crippen LogP contribution in [-0.4, -0.2) is 36.0 Å². The number of rotatable bonds is 5. The van der Waals surface area contributed by atoms with Crippen molar-refractivity contribution in [3.63, 3.8) is 0 Å². The molecule has 1 heterocycles. The molecule has 0 amide bonds. The van der Waals surface area contributed by atoms with Gasteiger partial charge in [0.25, 0.3) is 5.69 Å².